The first-order valence-corrected chi connectivity index (χ1v) is 8.85. The van der Waals surface area contributed by atoms with Crippen LogP contribution in [-0.4, -0.2) is 21.4 Å². The molecule has 23 heavy (non-hydrogen) atoms. The Kier molecular flexibility index (Phi) is 5.00. The first kappa shape index (κ1) is 16.1. The van der Waals surface area contributed by atoms with Crippen molar-refractivity contribution in [3.8, 4) is 0 Å². The van der Waals surface area contributed by atoms with Gasteiger partial charge in [-0.1, -0.05) is 0 Å². The van der Waals surface area contributed by atoms with E-state index in [1.165, 1.54) is 17.7 Å². The second-order valence-corrected chi connectivity index (χ2v) is 6.87. The van der Waals surface area contributed by atoms with E-state index in [2.05, 4.69) is 10.4 Å². The van der Waals surface area contributed by atoms with Crippen molar-refractivity contribution in [1.82, 2.24) is 9.78 Å². The lowest BCUT2D eigenvalue weighted by Gasteiger charge is -2.07. The Hall–Kier alpha value is -1.82. The third-order valence-corrected chi connectivity index (χ3v) is 5.06. The number of aromatic nitrogens is 2. The molecular formula is C17H20FN3OS. The number of fused-ring (bicyclic) bond motifs is 1. The van der Waals surface area contributed by atoms with E-state index in [-0.39, 0.29) is 11.7 Å². The maximum Gasteiger partial charge on any atom is 0.225 e. The van der Waals surface area contributed by atoms with E-state index in [4.69, 9.17) is 0 Å². The number of hydrogen-bond acceptors (Lipinski definition) is 3. The topological polar surface area (TPSA) is 46.9 Å². The number of amides is 1. The van der Waals surface area contributed by atoms with E-state index in [1.54, 1.807) is 28.6 Å². The molecule has 0 fully saturated rings. The van der Waals surface area contributed by atoms with E-state index in [9.17, 15) is 9.18 Å². The molecule has 122 valence electrons. The third kappa shape index (κ3) is 3.93. The molecule has 6 heteroatoms. The lowest BCUT2D eigenvalue weighted by molar-refractivity contribution is -0.116. The van der Waals surface area contributed by atoms with Crippen LogP contribution in [0.3, 0.4) is 0 Å². The number of aryl methyl sites for hydroxylation is 2. The Bertz CT molecular complexity index is 697. The summed E-state index contributed by atoms with van der Waals surface area (Å²) in [7, 11) is 1.87. The summed E-state index contributed by atoms with van der Waals surface area (Å²) in [5, 5.41) is 7.45. The Labute approximate surface area is 139 Å². The highest BCUT2D eigenvalue weighted by Crippen LogP contribution is 2.28. The smallest absolute Gasteiger partial charge is 0.225 e. The van der Waals surface area contributed by atoms with Gasteiger partial charge in [0.15, 0.2) is 0 Å². The summed E-state index contributed by atoms with van der Waals surface area (Å²) >= 11 is 1.64. The maximum atomic E-state index is 12.8. The van der Waals surface area contributed by atoms with Gasteiger partial charge in [-0.15, -0.1) is 11.8 Å². The summed E-state index contributed by atoms with van der Waals surface area (Å²) in [5.74, 6) is 1.50. The van der Waals surface area contributed by atoms with Crippen LogP contribution >= 0.6 is 11.8 Å². The van der Waals surface area contributed by atoms with Crippen molar-refractivity contribution in [1.29, 1.82) is 0 Å². The number of rotatable bonds is 6. The Morgan fingerprint density at radius 2 is 2.13 bits per heavy atom. The van der Waals surface area contributed by atoms with Crippen LogP contribution in [0.25, 0.3) is 0 Å². The summed E-state index contributed by atoms with van der Waals surface area (Å²) in [5.41, 5.74) is 2.32. The highest BCUT2D eigenvalue weighted by Gasteiger charge is 2.21. The van der Waals surface area contributed by atoms with Gasteiger partial charge >= 0.3 is 0 Å². The first-order chi connectivity index (χ1) is 11.1. The summed E-state index contributed by atoms with van der Waals surface area (Å²) in [6.07, 6.45) is 4.39. The maximum absolute atomic E-state index is 12.8. The molecule has 1 aliphatic carbocycles. The molecule has 1 amide bonds. The fourth-order valence-electron chi connectivity index (χ4n) is 2.82. The number of hydrogen-bond donors (Lipinski definition) is 1. The van der Waals surface area contributed by atoms with E-state index < -0.39 is 0 Å². The lowest BCUT2D eigenvalue weighted by Crippen LogP contribution is -2.15. The number of thioether (sulfide) groups is 1. The number of halogens is 1. The first-order valence-electron chi connectivity index (χ1n) is 7.86. The van der Waals surface area contributed by atoms with Gasteiger partial charge in [-0.05, 0) is 55.7 Å². The van der Waals surface area contributed by atoms with Gasteiger partial charge in [0.1, 0.15) is 11.6 Å². The SMILES string of the molecule is Cn1nc2c(c1NC(=O)CCCSc1ccc(F)cc1)CCC2. The minimum absolute atomic E-state index is 0.0300. The van der Waals surface area contributed by atoms with E-state index in [1.807, 2.05) is 7.05 Å². The molecule has 1 aliphatic rings. The third-order valence-electron chi connectivity index (χ3n) is 3.96. The Morgan fingerprint density at radius 1 is 1.35 bits per heavy atom. The van der Waals surface area contributed by atoms with Crippen LogP contribution < -0.4 is 5.32 Å². The number of nitrogens with zero attached hydrogens (tertiary/aromatic N) is 2. The predicted molar refractivity (Wildman–Crippen MR) is 90.2 cm³/mol. The zero-order valence-electron chi connectivity index (χ0n) is 13.1. The lowest BCUT2D eigenvalue weighted by atomic mass is 10.2. The number of nitrogens with one attached hydrogen (secondary N) is 1. The van der Waals surface area contributed by atoms with Gasteiger partial charge in [0.05, 0.1) is 5.69 Å². The summed E-state index contributed by atoms with van der Waals surface area (Å²) in [6.45, 7) is 0. The van der Waals surface area contributed by atoms with Crippen LogP contribution in [-0.2, 0) is 24.7 Å². The number of benzene rings is 1. The second-order valence-electron chi connectivity index (χ2n) is 5.71. The molecule has 1 heterocycles. The van der Waals surface area contributed by atoms with E-state index in [0.717, 1.165) is 47.8 Å². The molecule has 0 spiro atoms. The van der Waals surface area contributed by atoms with Gasteiger partial charge in [0, 0.05) is 23.9 Å². The molecule has 0 saturated carbocycles. The van der Waals surface area contributed by atoms with Gasteiger partial charge in [-0.2, -0.15) is 5.10 Å². The average Bonchev–Trinajstić information content (AvgIpc) is 3.08. The molecule has 3 rings (SSSR count). The molecule has 0 radical (unpaired) electrons. The molecule has 1 N–H and O–H groups in total. The summed E-state index contributed by atoms with van der Waals surface area (Å²) < 4.78 is 14.6. The highest BCUT2D eigenvalue weighted by molar-refractivity contribution is 7.99. The quantitative estimate of drug-likeness (QED) is 0.649. The molecule has 0 atom stereocenters. The van der Waals surface area contributed by atoms with Gasteiger partial charge in [-0.3, -0.25) is 9.48 Å². The molecular weight excluding hydrogens is 313 g/mol. The number of carbonyl (C=O) groups is 1. The van der Waals surface area contributed by atoms with Crippen LogP contribution in [0.4, 0.5) is 10.2 Å². The number of carbonyl (C=O) groups excluding carboxylic acids is 1. The largest absolute Gasteiger partial charge is 0.311 e. The predicted octanol–water partition coefficient (Wildman–Crippen LogP) is 3.56. The van der Waals surface area contributed by atoms with Gasteiger partial charge in [0.2, 0.25) is 5.91 Å². The molecule has 0 saturated heterocycles. The van der Waals surface area contributed by atoms with Gasteiger partial charge in [-0.25, -0.2) is 4.39 Å². The minimum Gasteiger partial charge on any atom is -0.311 e. The Morgan fingerprint density at radius 3 is 2.91 bits per heavy atom. The van der Waals surface area contributed by atoms with Crippen LogP contribution in [0.5, 0.6) is 0 Å². The van der Waals surface area contributed by atoms with Crippen LogP contribution in [0.2, 0.25) is 0 Å². The normalized spacial score (nSPS) is 13.1. The van der Waals surface area contributed by atoms with Crippen LogP contribution in [0, 0.1) is 5.82 Å². The molecule has 1 aromatic carbocycles. The van der Waals surface area contributed by atoms with Crippen molar-refractivity contribution < 1.29 is 9.18 Å². The summed E-state index contributed by atoms with van der Waals surface area (Å²) in [6, 6.07) is 6.44. The van der Waals surface area contributed by atoms with Gasteiger partial charge in [0.25, 0.3) is 0 Å². The molecule has 2 aromatic rings. The van der Waals surface area contributed by atoms with Crippen molar-refractivity contribution in [2.75, 3.05) is 11.1 Å². The van der Waals surface area contributed by atoms with Crippen molar-refractivity contribution in [2.45, 2.75) is 37.0 Å². The van der Waals surface area contributed by atoms with Crippen molar-refractivity contribution in [2.24, 2.45) is 7.05 Å². The zero-order chi connectivity index (χ0) is 16.2. The number of anilines is 1. The van der Waals surface area contributed by atoms with Crippen LogP contribution in [0.1, 0.15) is 30.5 Å². The molecule has 1 aromatic heterocycles. The molecule has 0 aliphatic heterocycles. The molecule has 0 bridgehead atoms. The highest BCUT2D eigenvalue weighted by atomic mass is 32.2. The monoisotopic (exact) mass is 333 g/mol. The van der Waals surface area contributed by atoms with E-state index in [0.29, 0.717) is 6.42 Å². The van der Waals surface area contributed by atoms with Gasteiger partial charge < -0.3 is 5.32 Å². The van der Waals surface area contributed by atoms with Crippen molar-refractivity contribution in [3.63, 3.8) is 0 Å². The van der Waals surface area contributed by atoms with E-state index >= 15 is 0 Å². The standard InChI is InChI=1S/C17H20FN3OS/c1-21-17(14-4-2-5-15(14)20-21)19-16(22)6-3-11-23-13-9-7-12(18)8-10-13/h7-10H,2-6,11H2,1H3,(H,19,22). The fourth-order valence-corrected chi connectivity index (χ4v) is 3.68. The fraction of sp³-hybridized carbons (Fsp3) is 0.412. The molecule has 0 unspecified atom stereocenters. The minimum atomic E-state index is -0.225. The molecule has 4 nitrogen and oxygen atoms in total. The van der Waals surface area contributed by atoms with Crippen LogP contribution in [0.15, 0.2) is 29.2 Å². The average molecular weight is 333 g/mol. The van der Waals surface area contributed by atoms with Crippen molar-refractivity contribution in [3.05, 3.63) is 41.3 Å². The van der Waals surface area contributed by atoms with Crippen molar-refractivity contribution >= 4 is 23.5 Å². The summed E-state index contributed by atoms with van der Waals surface area (Å²) in [4.78, 5) is 13.1. The second kappa shape index (κ2) is 7.17. The Balaban J connectivity index is 1.44. The zero-order valence-corrected chi connectivity index (χ0v) is 14.0.